The van der Waals surface area contributed by atoms with E-state index in [1.165, 1.54) is 11.8 Å². The van der Waals surface area contributed by atoms with E-state index in [0.29, 0.717) is 5.75 Å². The molecule has 1 aliphatic rings. The summed E-state index contributed by atoms with van der Waals surface area (Å²) in [4.78, 5) is 11.9. The quantitative estimate of drug-likeness (QED) is 0.749. The number of thioether (sulfide) groups is 1. The Morgan fingerprint density at radius 2 is 2.50 bits per heavy atom. The summed E-state index contributed by atoms with van der Waals surface area (Å²) in [6.45, 7) is 0. The van der Waals surface area contributed by atoms with Crippen molar-refractivity contribution in [3.05, 3.63) is 22.4 Å². The highest BCUT2D eigenvalue weighted by molar-refractivity contribution is 8.14. The number of hydrazone groups is 1. The highest BCUT2D eigenvalue weighted by atomic mass is 32.2. The van der Waals surface area contributed by atoms with Crippen LogP contribution >= 0.6 is 23.1 Å². The van der Waals surface area contributed by atoms with Crippen molar-refractivity contribution in [1.29, 1.82) is 0 Å². The van der Waals surface area contributed by atoms with Crippen LogP contribution in [-0.2, 0) is 0 Å². The van der Waals surface area contributed by atoms with Gasteiger partial charge in [0.25, 0.3) is 5.24 Å². The molecule has 0 aromatic carbocycles. The Morgan fingerprint density at radius 1 is 1.58 bits per heavy atom. The van der Waals surface area contributed by atoms with Crippen LogP contribution in [0.25, 0.3) is 0 Å². The van der Waals surface area contributed by atoms with Gasteiger partial charge in [-0.05, 0) is 11.4 Å². The summed E-state index contributed by atoms with van der Waals surface area (Å²) in [5.74, 6) is 0.673. The Hall–Kier alpha value is -0.810. The molecule has 0 spiro atoms. The van der Waals surface area contributed by atoms with Gasteiger partial charge >= 0.3 is 0 Å². The molecule has 3 nitrogen and oxygen atoms in total. The summed E-state index contributed by atoms with van der Waals surface area (Å²) in [5.41, 5.74) is 3.39. The number of thiophene rings is 1. The van der Waals surface area contributed by atoms with Crippen molar-refractivity contribution in [2.45, 2.75) is 0 Å². The zero-order valence-electron chi connectivity index (χ0n) is 6.11. The molecule has 5 heteroatoms. The van der Waals surface area contributed by atoms with Crippen molar-refractivity contribution in [3.8, 4) is 0 Å². The van der Waals surface area contributed by atoms with Crippen molar-refractivity contribution in [1.82, 2.24) is 5.43 Å². The summed E-state index contributed by atoms with van der Waals surface area (Å²) in [5, 5.41) is 5.88. The van der Waals surface area contributed by atoms with Gasteiger partial charge in [-0.15, -0.1) is 11.3 Å². The molecule has 62 valence electrons. The van der Waals surface area contributed by atoms with Crippen molar-refractivity contribution < 1.29 is 4.79 Å². The summed E-state index contributed by atoms with van der Waals surface area (Å²) in [6.07, 6.45) is 0. The van der Waals surface area contributed by atoms with Crippen LogP contribution in [0.5, 0.6) is 0 Å². The molecule has 2 rings (SSSR count). The number of amides is 1. The van der Waals surface area contributed by atoms with Crippen LogP contribution in [0.15, 0.2) is 22.6 Å². The van der Waals surface area contributed by atoms with Gasteiger partial charge in [-0.1, -0.05) is 17.8 Å². The zero-order chi connectivity index (χ0) is 8.39. The van der Waals surface area contributed by atoms with Crippen LogP contribution in [0.4, 0.5) is 4.79 Å². The van der Waals surface area contributed by atoms with E-state index >= 15 is 0 Å². The van der Waals surface area contributed by atoms with Crippen molar-refractivity contribution >= 4 is 34.0 Å². The Morgan fingerprint density at radius 3 is 3.08 bits per heavy atom. The fourth-order valence-electron chi connectivity index (χ4n) is 0.881. The predicted octanol–water partition coefficient (Wildman–Crippen LogP) is 1.91. The monoisotopic (exact) mass is 198 g/mol. The second-order valence-electron chi connectivity index (χ2n) is 2.22. The molecule has 0 saturated carbocycles. The number of hydrogen-bond donors (Lipinski definition) is 1. The number of hydrogen-bond acceptors (Lipinski definition) is 4. The van der Waals surface area contributed by atoms with Crippen molar-refractivity contribution in [2.24, 2.45) is 5.10 Å². The highest BCUT2D eigenvalue weighted by Gasteiger charge is 2.13. The number of rotatable bonds is 1. The molecule has 1 aromatic heterocycles. The molecular weight excluding hydrogens is 192 g/mol. The molecule has 1 N–H and O–H groups in total. The Bertz CT molecular complexity index is 318. The third-order valence-electron chi connectivity index (χ3n) is 1.43. The van der Waals surface area contributed by atoms with Crippen LogP contribution < -0.4 is 5.43 Å². The molecule has 0 unspecified atom stereocenters. The average molecular weight is 198 g/mol. The van der Waals surface area contributed by atoms with E-state index in [1.54, 1.807) is 11.3 Å². The lowest BCUT2D eigenvalue weighted by atomic mass is 10.3. The minimum atomic E-state index is -0.0738. The first-order valence-corrected chi connectivity index (χ1v) is 5.26. The third-order valence-corrected chi connectivity index (χ3v) is 3.12. The molecule has 0 bridgehead atoms. The SMILES string of the molecule is O=C1NN=C(c2cccs2)CS1. The fourth-order valence-corrected chi connectivity index (χ4v) is 2.28. The summed E-state index contributed by atoms with van der Waals surface area (Å²) in [7, 11) is 0. The van der Waals surface area contributed by atoms with E-state index in [0.717, 1.165) is 10.6 Å². The van der Waals surface area contributed by atoms with Gasteiger partial charge < -0.3 is 0 Å². The van der Waals surface area contributed by atoms with E-state index in [-0.39, 0.29) is 5.24 Å². The number of carbonyl (C=O) groups excluding carboxylic acids is 1. The molecule has 1 aromatic rings. The summed E-state index contributed by atoms with van der Waals surface area (Å²) in [6, 6.07) is 3.98. The Balaban J connectivity index is 2.21. The van der Waals surface area contributed by atoms with Crippen LogP contribution in [-0.4, -0.2) is 16.7 Å². The van der Waals surface area contributed by atoms with Gasteiger partial charge in [0.05, 0.1) is 10.6 Å². The maximum Gasteiger partial charge on any atom is 0.299 e. The number of nitrogens with zero attached hydrogens (tertiary/aromatic N) is 1. The topological polar surface area (TPSA) is 41.5 Å². The van der Waals surface area contributed by atoms with Gasteiger partial charge in [-0.3, -0.25) is 4.79 Å². The molecule has 1 aliphatic heterocycles. The minimum absolute atomic E-state index is 0.0738. The fraction of sp³-hybridized carbons (Fsp3) is 0.143. The molecular formula is C7H6N2OS2. The number of carbonyl (C=O) groups is 1. The Kier molecular flexibility index (Phi) is 2.14. The Labute approximate surface area is 77.9 Å². The van der Waals surface area contributed by atoms with Gasteiger partial charge in [-0.2, -0.15) is 5.10 Å². The molecule has 1 amide bonds. The molecule has 0 atom stereocenters. The summed E-state index contributed by atoms with van der Waals surface area (Å²) < 4.78 is 0. The lowest BCUT2D eigenvalue weighted by Gasteiger charge is -2.08. The minimum Gasteiger partial charge on any atom is -0.260 e. The van der Waals surface area contributed by atoms with Crippen molar-refractivity contribution in [2.75, 3.05) is 5.75 Å². The first-order chi connectivity index (χ1) is 5.86. The molecule has 0 radical (unpaired) electrons. The van der Waals surface area contributed by atoms with Gasteiger partial charge in [0.1, 0.15) is 0 Å². The average Bonchev–Trinajstić information content (AvgIpc) is 2.58. The van der Waals surface area contributed by atoms with E-state index in [4.69, 9.17) is 0 Å². The maximum absolute atomic E-state index is 10.7. The first kappa shape index (κ1) is 7.82. The van der Waals surface area contributed by atoms with Gasteiger partial charge in [0, 0.05) is 5.75 Å². The van der Waals surface area contributed by atoms with E-state index < -0.39 is 0 Å². The highest BCUT2D eigenvalue weighted by Crippen LogP contribution is 2.16. The second kappa shape index (κ2) is 3.28. The second-order valence-corrected chi connectivity index (χ2v) is 4.12. The van der Waals surface area contributed by atoms with Crippen LogP contribution in [0.2, 0.25) is 0 Å². The van der Waals surface area contributed by atoms with Gasteiger partial charge in [0.2, 0.25) is 0 Å². The maximum atomic E-state index is 10.7. The molecule has 12 heavy (non-hydrogen) atoms. The predicted molar refractivity (Wildman–Crippen MR) is 51.8 cm³/mol. The summed E-state index contributed by atoms with van der Waals surface area (Å²) >= 11 is 2.89. The van der Waals surface area contributed by atoms with E-state index in [1.807, 2.05) is 17.5 Å². The molecule has 0 saturated heterocycles. The van der Waals surface area contributed by atoms with Crippen LogP contribution in [0, 0.1) is 0 Å². The first-order valence-electron chi connectivity index (χ1n) is 3.39. The largest absolute Gasteiger partial charge is 0.299 e. The van der Waals surface area contributed by atoms with Crippen LogP contribution in [0.1, 0.15) is 4.88 Å². The van der Waals surface area contributed by atoms with Crippen LogP contribution in [0.3, 0.4) is 0 Å². The standard InChI is InChI=1S/C7H6N2OS2/c10-7-9-8-5(4-12-7)6-2-1-3-11-6/h1-3H,4H2,(H,9,10). The normalized spacial score (nSPS) is 17.0. The zero-order valence-corrected chi connectivity index (χ0v) is 7.74. The van der Waals surface area contributed by atoms with E-state index in [2.05, 4.69) is 10.5 Å². The van der Waals surface area contributed by atoms with E-state index in [9.17, 15) is 4.79 Å². The third kappa shape index (κ3) is 1.51. The van der Waals surface area contributed by atoms with Gasteiger partial charge in [-0.25, -0.2) is 5.43 Å². The smallest absolute Gasteiger partial charge is 0.260 e. The molecule has 0 fully saturated rings. The van der Waals surface area contributed by atoms with Gasteiger partial charge in [0.15, 0.2) is 0 Å². The molecule has 0 aliphatic carbocycles. The molecule has 2 heterocycles. The lowest BCUT2D eigenvalue weighted by Crippen LogP contribution is -2.23. The lowest BCUT2D eigenvalue weighted by molar-refractivity contribution is 0.261. The van der Waals surface area contributed by atoms with Crippen molar-refractivity contribution in [3.63, 3.8) is 0 Å². The number of nitrogens with one attached hydrogen (secondary N) is 1.